The van der Waals surface area contributed by atoms with Gasteiger partial charge in [-0.2, -0.15) is 0 Å². The summed E-state index contributed by atoms with van der Waals surface area (Å²) in [6.45, 7) is 13.4. The van der Waals surface area contributed by atoms with Gasteiger partial charge >= 0.3 is 0 Å². The smallest absolute Gasteiger partial charge is 0.190 e. The van der Waals surface area contributed by atoms with E-state index in [-0.39, 0.29) is 0 Å². The Morgan fingerprint density at radius 3 is 2.52 bits per heavy atom. The van der Waals surface area contributed by atoms with Gasteiger partial charge in [-0.1, -0.05) is 0 Å². The van der Waals surface area contributed by atoms with E-state index in [0.29, 0.717) is 12.2 Å². The summed E-state index contributed by atoms with van der Waals surface area (Å²) < 4.78 is 5.78. The van der Waals surface area contributed by atoms with E-state index in [4.69, 9.17) is 4.74 Å². The molecule has 0 amide bonds. The Labute approximate surface area is 156 Å². The van der Waals surface area contributed by atoms with E-state index >= 15 is 0 Å². The van der Waals surface area contributed by atoms with Crippen molar-refractivity contribution in [3.63, 3.8) is 0 Å². The van der Waals surface area contributed by atoms with Crippen LogP contribution in [0.15, 0.2) is 4.99 Å². The molecule has 0 radical (unpaired) electrons. The van der Waals surface area contributed by atoms with E-state index in [1.807, 2.05) is 7.05 Å². The van der Waals surface area contributed by atoms with Gasteiger partial charge in [-0.25, -0.2) is 4.98 Å². The predicted octanol–water partition coefficient (Wildman–Crippen LogP) is 1.97. The zero-order valence-corrected chi connectivity index (χ0v) is 17.1. The maximum Gasteiger partial charge on any atom is 0.190 e. The third-order valence-corrected chi connectivity index (χ3v) is 5.50. The minimum atomic E-state index is 0.337. The van der Waals surface area contributed by atoms with Crippen LogP contribution >= 0.6 is 11.3 Å². The largest absolute Gasteiger partial charge is 0.373 e. The Morgan fingerprint density at radius 2 is 1.92 bits per heavy atom. The van der Waals surface area contributed by atoms with Crippen LogP contribution in [0.25, 0.3) is 0 Å². The molecule has 2 unspecified atom stereocenters. The molecule has 2 heterocycles. The molecule has 1 fully saturated rings. The van der Waals surface area contributed by atoms with Crippen LogP contribution in [0, 0.1) is 13.8 Å². The molecular weight excluding hydrogens is 334 g/mol. The van der Waals surface area contributed by atoms with Crippen molar-refractivity contribution >= 4 is 17.3 Å². The second kappa shape index (κ2) is 10.1. The minimum absolute atomic E-state index is 0.337. The van der Waals surface area contributed by atoms with Gasteiger partial charge in [0.15, 0.2) is 5.96 Å². The Morgan fingerprint density at radius 1 is 1.24 bits per heavy atom. The number of aliphatic imine (C=N–C) groups is 1. The van der Waals surface area contributed by atoms with E-state index < -0.39 is 0 Å². The van der Waals surface area contributed by atoms with Crippen molar-refractivity contribution < 1.29 is 4.74 Å². The maximum absolute atomic E-state index is 5.78. The number of ether oxygens (including phenoxy) is 1. The quantitative estimate of drug-likeness (QED) is 0.438. The summed E-state index contributed by atoms with van der Waals surface area (Å²) in [5.74, 6) is 0.869. The van der Waals surface area contributed by atoms with Gasteiger partial charge < -0.3 is 15.4 Å². The molecule has 2 N–H and O–H groups in total. The van der Waals surface area contributed by atoms with Crippen LogP contribution in [0.2, 0.25) is 0 Å². The van der Waals surface area contributed by atoms with Crippen LogP contribution in [-0.4, -0.2) is 67.8 Å². The number of aromatic nitrogens is 1. The third-order valence-electron chi connectivity index (χ3n) is 4.37. The van der Waals surface area contributed by atoms with E-state index in [1.165, 1.54) is 9.88 Å². The highest BCUT2D eigenvalue weighted by molar-refractivity contribution is 7.11. The fourth-order valence-corrected chi connectivity index (χ4v) is 4.06. The van der Waals surface area contributed by atoms with Crippen LogP contribution in [0.3, 0.4) is 0 Å². The molecule has 7 heteroatoms. The number of guanidine groups is 1. The second-order valence-corrected chi connectivity index (χ2v) is 8.08. The Bertz CT molecular complexity index is 530. The number of rotatable bonds is 7. The summed E-state index contributed by atoms with van der Waals surface area (Å²) in [7, 11) is 1.82. The van der Waals surface area contributed by atoms with Crippen molar-refractivity contribution in [3.8, 4) is 0 Å². The Hall–Kier alpha value is -1.18. The fraction of sp³-hybridized carbons (Fsp3) is 0.778. The van der Waals surface area contributed by atoms with Crippen LogP contribution in [-0.2, 0) is 11.2 Å². The second-order valence-electron chi connectivity index (χ2n) is 6.80. The lowest BCUT2D eigenvalue weighted by atomic mass is 10.2. The lowest BCUT2D eigenvalue weighted by molar-refractivity contribution is -0.0679. The lowest BCUT2D eigenvalue weighted by Gasteiger charge is -2.35. The highest BCUT2D eigenvalue weighted by Gasteiger charge is 2.21. The monoisotopic (exact) mass is 367 g/mol. The summed E-state index contributed by atoms with van der Waals surface area (Å²) in [6, 6.07) is 0. The summed E-state index contributed by atoms with van der Waals surface area (Å²) in [4.78, 5) is 12.7. The molecule has 0 bridgehead atoms. The van der Waals surface area contributed by atoms with Crippen molar-refractivity contribution in [1.82, 2.24) is 20.5 Å². The number of aryl methyl sites for hydroxylation is 2. The summed E-state index contributed by atoms with van der Waals surface area (Å²) >= 11 is 1.78. The first-order valence-corrected chi connectivity index (χ1v) is 10.0. The molecule has 25 heavy (non-hydrogen) atoms. The zero-order valence-electron chi connectivity index (χ0n) is 16.3. The SMILES string of the molecule is CN=C(NCCCN1CC(C)OC(C)C1)NCCc1nc(C)c(C)s1. The molecule has 1 aliphatic rings. The van der Waals surface area contributed by atoms with Crippen LogP contribution in [0.5, 0.6) is 0 Å². The van der Waals surface area contributed by atoms with Gasteiger partial charge in [0.25, 0.3) is 0 Å². The highest BCUT2D eigenvalue weighted by Crippen LogP contribution is 2.16. The van der Waals surface area contributed by atoms with Gasteiger partial charge in [0, 0.05) is 51.1 Å². The van der Waals surface area contributed by atoms with Gasteiger partial charge in [-0.15, -0.1) is 11.3 Å². The fourth-order valence-electron chi connectivity index (χ4n) is 3.13. The molecule has 0 saturated carbocycles. The molecule has 2 atom stereocenters. The van der Waals surface area contributed by atoms with Crippen molar-refractivity contribution in [2.75, 3.05) is 39.8 Å². The predicted molar refractivity (Wildman–Crippen MR) is 106 cm³/mol. The zero-order chi connectivity index (χ0) is 18.2. The molecule has 1 saturated heterocycles. The minimum Gasteiger partial charge on any atom is -0.373 e. The molecule has 0 aromatic carbocycles. The van der Waals surface area contributed by atoms with Crippen LogP contribution in [0.4, 0.5) is 0 Å². The van der Waals surface area contributed by atoms with E-state index in [1.54, 1.807) is 11.3 Å². The van der Waals surface area contributed by atoms with Crippen LogP contribution < -0.4 is 10.6 Å². The summed E-state index contributed by atoms with van der Waals surface area (Å²) in [6.07, 6.45) is 2.71. The topological polar surface area (TPSA) is 61.8 Å². The van der Waals surface area contributed by atoms with Crippen molar-refractivity contribution in [1.29, 1.82) is 0 Å². The Kier molecular flexibility index (Phi) is 8.12. The maximum atomic E-state index is 5.78. The van der Waals surface area contributed by atoms with Gasteiger partial charge in [-0.05, 0) is 34.1 Å². The first kappa shape index (κ1) is 20.1. The average molecular weight is 368 g/mol. The molecule has 1 aromatic rings. The molecular formula is C18H33N5OS. The van der Waals surface area contributed by atoms with Gasteiger partial charge in [0.2, 0.25) is 0 Å². The lowest BCUT2D eigenvalue weighted by Crippen LogP contribution is -2.46. The molecule has 1 aromatic heterocycles. The molecule has 0 spiro atoms. The standard InChI is InChI=1S/C18H33N5OS/c1-13-11-23(12-14(2)24-13)10-6-8-20-18(19-5)21-9-7-17-22-15(3)16(4)25-17/h13-14H,6-12H2,1-5H3,(H2,19,20,21). The highest BCUT2D eigenvalue weighted by atomic mass is 32.1. The number of thiazole rings is 1. The van der Waals surface area contributed by atoms with E-state index in [2.05, 4.69) is 53.2 Å². The van der Waals surface area contributed by atoms with Crippen molar-refractivity contribution in [3.05, 3.63) is 15.6 Å². The van der Waals surface area contributed by atoms with E-state index in [0.717, 1.165) is 57.2 Å². The van der Waals surface area contributed by atoms with Gasteiger partial charge in [0.1, 0.15) is 0 Å². The number of nitrogens with zero attached hydrogens (tertiary/aromatic N) is 3. The number of nitrogens with one attached hydrogen (secondary N) is 2. The first-order valence-electron chi connectivity index (χ1n) is 9.23. The van der Waals surface area contributed by atoms with Crippen LogP contribution in [0.1, 0.15) is 35.8 Å². The third kappa shape index (κ3) is 6.92. The molecule has 1 aliphatic heterocycles. The van der Waals surface area contributed by atoms with Gasteiger partial charge in [-0.3, -0.25) is 9.89 Å². The molecule has 6 nitrogen and oxygen atoms in total. The number of hydrogen-bond donors (Lipinski definition) is 2. The van der Waals surface area contributed by atoms with Crippen molar-refractivity contribution in [2.45, 2.75) is 52.7 Å². The normalized spacial score (nSPS) is 22.2. The molecule has 142 valence electrons. The average Bonchev–Trinajstić information content (AvgIpc) is 2.87. The number of morpholine rings is 1. The Balaban J connectivity index is 1.60. The molecule has 0 aliphatic carbocycles. The molecule has 2 rings (SSSR count). The summed E-state index contributed by atoms with van der Waals surface area (Å²) in [5, 5.41) is 7.96. The number of hydrogen-bond acceptors (Lipinski definition) is 5. The van der Waals surface area contributed by atoms with Crippen molar-refractivity contribution in [2.24, 2.45) is 4.99 Å². The first-order chi connectivity index (χ1) is 12.0. The summed E-state index contributed by atoms with van der Waals surface area (Å²) in [5.41, 5.74) is 1.15. The van der Waals surface area contributed by atoms with E-state index in [9.17, 15) is 0 Å². The van der Waals surface area contributed by atoms with Gasteiger partial charge in [0.05, 0.1) is 22.9 Å².